The maximum atomic E-state index is 4.15. The van der Waals surface area contributed by atoms with Gasteiger partial charge in [0.05, 0.1) is 0 Å². The zero-order chi connectivity index (χ0) is 9.56. The molecule has 0 spiro atoms. The highest BCUT2D eigenvalue weighted by Crippen LogP contribution is 2.22. The molecule has 12 heavy (non-hydrogen) atoms. The van der Waals surface area contributed by atoms with E-state index in [4.69, 9.17) is 0 Å². The lowest BCUT2D eigenvalue weighted by molar-refractivity contribution is 0.480. The van der Waals surface area contributed by atoms with Crippen LogP contribution >= 0.6 is 8.58 Å². The second-order valence-electron chi connectivity index (χ2n) is 4.04. The molecule has 0 aliphatic carbocycles. The molecule has 0 amide bonds. The maximum Gasteiger partial charge on any atom is -0.0232 e. The molecule has 2 atom stereocenters. The summed E-state index contributed by atoms with van der Waals surface area (Å²) >= 11 is 0. The Labute approximate surface area is 79.6 Å². The van der Waals surface area contributed by atoms with Gasteiger partial charge in [0.25, 0.3) is 0 Å². The summed E-state index contributed by atoms with van der Waals surface area (Å²) in [6, 6.07) is 0. The molecular formula is C11H23P. The summed E-state index contributed by atoms with van der Waals surface area (Å²) in [5.41, 5.74) is 1.46. The maximum absolute atomic E-state index is 4.15. The molecule has 72 valence electrons. The van der Waals surface area contributed by atoms with E-state index in [1.807, 2.05) is 0 Å². The van der Waals surface area contributed by atoms with Crippen molar-refractivity contribution in [1.82, 2.24) is 0 Å². The average molecular weight is 186 g/mol. The predicted molar refractivity (Wildman–Crippen MR) is 61.5 cm³/mol. The molecule has 2 unspecified atom stereocenters. The van der Waals surface area contributed by atoms with Crippen molar-refractivity contribution in [1.29, 1.82) is 0 Å². The fourth-order valence-corrected chi connectivity index (χ4v) is 1.98. The summed E-state index contributed by atoms with van der Waals surface area (Å²) < 4.78 is 0. The summed E-state index contributed by atoms with van der Waals surface area (Å²) in [4.78, 5) is 0. The van der Waals surface area contributed by atoms with Crippen molar-refractivity contribution in [3.8, 4) is 0 Å². The number of hydrogen-bond acceptors (Lipinski definition) is 0. The van der Waals surface area contributed by atoms with Crippen molar-refractivity contribution in [3.05, 3.63) is 12.2 Å². The van der Waals surface area contributed by atoms with Gasteiger partial charge >= 0.3 is 0 Å². The molecule has 0 radical (unpaired) electrons. The van der Waals surface area contributed by atoms with E-state index < -0.39 is 0 Å². The first kappa shape index (κ1) is 12.2. The largest absolute Gasteiger partial charge is 0.125 e. The number of hydrogen-bond donors (Lipinski definition) is 0. The van der Waals surface area contributed by atoms with Crippen LogP contribution in [0.25, 0.3) is 0 Å². The molecule has 0 nitrogen and oxygen atoms in total. The minimum absolute atomic E-state index is 0.723. The summed E-state index contributed by atoms with van der Waals surface area (Å²) in [5, 5.41) is 0. The van der Waals surface area contributed by atoms with E-state index >= 15 is 0 Å². The molecule has 0 aliphatic rings. The van der Waals surface area contributed by atoms with Crippen molar-refractivity contribution < 1.29 is 0 Å². The molecule has 0 aliphatic heterocycles. The molecule has 0 aromatic rings. The smallest absolute Gasteiger partial charge is 0.0232 e. The molecule has 0 N–H and O–H groups in total. The van der Waals surface area contributed by atoms with Gasteiger partial charge in [-0.25, -0.2) is 0 Å². The van der Waals surface area contributed by atoms with Crippen LogP contribution in [-0.4, -0.2) is 12.8 Å². The third-order valence-corrected chi connectivity index (χ3v) is 2.97. The molecule has 1 heteroatoms. The van der Waals surface area contributed by atoms with E-state index in [0.29, 0.717) is 0 Å². The summed E-state index contributed by atoms with van der Waals surface area (Å²) in [5.74, 6) is 1.53. The third kappa shape index (κ3) is 5.77. The second kappa shape index (κ2) is 6.66. The van der Waals surface area contributed by atoms with Crippen LogP contribution in [0.3, 0.4) is 0 Å². The van der Waals surface area contributed by atoms with E-state index in [1.165, 1.54) is 24.6 Å². The van der Waals surface area contributed by atoms with E-state index in [0.717, 1.165) is 20.4 Å². The topological polar surface area (TPSA) is 0 Å². The highest BCUT2D eigenvalue weighted by Gasteiger charge is 2.07. The molecule has 0 heterocycles. The Morgan fingerprint density at radius 2 is 1.92 bits per heavy atom. The van der Waals surface area contributed by atoms with Crippen molar-refractivity contribution in [2.75, 3.05) is 12.8 Å². The summed E-state index contributed by atoms with van der Waals surface area (Å²) in [6.07, 6.45) is 3.87. The van der Waals surface area contributed by atoms with Gasteiger partial charge in [0.1, 0.15) is 0 Å². The van der Waals surface area contributed by atoms with Crippen LogP contribution in [0.5, 0.6) is 0 Å². The van der Waals surface area contributed by atoms with E-state index in [-0.39, 0.29) is 0 Å². The van der Waals surface area contributed by atoms with Gasteiger partial charge < -0.3 is 0 Å². The van der Waals surface area contributed by atoms with Crippen molar-refractivity contribution >= 4 is 8.58 Å². The fourth-order valence-electron chi connectivity index (χ4n) is 1.41. The van der Waals surface area contributed by atoms with Gasteiger partial charge in [-0.2, -0.15) is 0 Å². The van der Waals surface area contributed by atoms with Crippen molar-refractivity contribution in [2.45, 2.75) is 33.6 Å². The van der Waals surface area contributed by atoms with Crippen LogP contribution < -0.4 is 0 Å². The molecule has 0 bridgehead atoms. The molecule has 0 aromatic carbocycles. The summed E-state index contributed by atoms with van der Waals surface area (Å²) in [7, 11) is 1.08. The lowest BCUT2D eigenvalue weighted by atomic mass is 9.91. The normalized spacial score (nSPS) is 14.4. The van der Waals surface area contributed by atoms with Crippen LogP contribution in [-0.2, 0) is 0 Å². The highest BCUT2D eigenvalue weighted by atomic mass is 31.1. The Balaban J connectivity index is 3.61. The van der Waals surface area contributed by atoms with Gasteiger partial charge in [0.2, 0.25) is 0 Å². The Hall–Kier alpha value is 0.170. The highest BCUT2D eigenvalue weighted by molar-refractivity contribution is 7.36. The van der Waals surface area contributed by atoms with Crippen LogP contribution in [0.1, 0.15) is 33.6 Å². The zero-order valence-electron chi connectivity index (χ0n) is 8.98. The molecule has 0 saturated carbocycles. The van der Waals surface area contributed by atoms with E-state index in [2.05, 4.69) is 34.0 Å². The van der Waals surface area contributed by atoms with Gasteiger partial charge in [-0.3, -0.25) is 0 Å². The minimum Gasteiger partial charge on any atom is -0.125 e. The number of rotatable bonds is 6. The van der Waals surface area contributed by atoms with Crippen molar-refractivity contribution in [2.24, 2.45) is 11.8 Å². The Kier molecular flexibility index (Phi) is 6.76. The standard InChI is InChI=1S/C11H23P/c1-9(2)8-11(4)10(3)6-7-12-5/h9,11-12H,3,6-8H2,1-2,4-5H3. The Morgan fingerprint density at radius 1 is 1.33 bits per heavy atom. The van der Waals surface area contributed by atoms with Gasteiger partial charge in [-0.15, -0.1) is 8.58 Å². The average Bonchev–Trinajstić information content (AvgIpc) is 1.98. The first-order valence-corrected chi connectivity index (χ1v) is 6.60. The van der Waals surface area contributed by atoms with Crippen LogP contribution in [0.15, 0.2) is 12.2 Å². The van der Waals surface area contributed by atoms with Gasteiger partial charge in [-0.1, -0.05) is 32.9 Å². The van der Waals surface area contributed by atoms with Crippen LogP contribution in [0, 0.1) is 11.8 Å². The molecule has 0 fully saturated rings. The Bertz CT molecular complexity index is 127. The minimum atomic E-state index is 0.723. The molecule has 0 saturated heterocycles. The lowest BCUT2D eigenvalue weighted by Gasteiger charge is -2.16. The first-order valence-electron chi connectivity index (χ1n) is 4.90. The van der Waals surface area contributed by atoms with Crippen LogP contribution in [0.4, 0.5) is 0 Å². The van der Waals surface area contributed by atoms with E-state index in [1.54, 1.807) is 0 Å². The molecule has 0 aromatic heterocycles. The molecular weight excluding hydrogens is 163 g/mol. The van der Waals surface area contributed by atoms with Gasteiger partial charge in [0, 0.05) is 0 Å². The van der Waals surface area contributed by atoms with Gasteiger partial charge in [0.15, 0.2) is 0 Å². The zero-order valence-corrected chi connectivity index (χ0v) is 9.98. The first-order chi connectivity index (χ1) is 5.57. The van der Waals surface area contributed by atoms with Crippen molar-refractivity contribution in [3.63, 3.8) is 0 Å². The Morgan fingerprint density at radius 3 is 2.33 bits per heavy atom. The van der Waals surface area contributed by atoms with E-state index in [9.17, 15) is 0 Å². The second-order valence-corrected chi connectivity index (χ2v) is 5.25. The SMILES string of the molecule is C=C(CCPC)C(C)CC(C)C. The quantitative estimate of drug-likeness (QED) is 0.435. The fraction of sp³-hybridized carbons (Fsp3) is 0.818. The van der Waals surface area contributed by atoms with Crippen LogP contribution in [0.2, 0.25) is 0 Å². The number of allylic oxidation sites excluding steroid dienone is 1. The molecule has 0 rings (SSSR count). The van der Waals surface area contributed by atoms with Gasteiger partial charge in [-0.05, 0) is 37.5 Å². The summed E-state index contributed by atoms with van der Waals surface area (Å²) in [6.45, 7) is 13.3. The lowest BCUT2D eigenvalue weighted by Crippen LogP contribution is -2.03. The monoisotopic (exact) mass is 186 g/mol. The third-order valence-electron chi connectivity index (χ3n) is 2.22. The predicted octanol–water partition coefficient (Wildman–Crippen LogP) is 3.92.